The summed E-state index contributed by atoms with van der Waals surface area (Å²) in [5.41, 5.74) is 5.05. The van der Waals surface area contributed by atoms with Gasteiger partial charge < -0.3 is 0 Å². The highest BCUT2D eigenvalue weighted by Gasteiger charge is 2.31. The van der Waals surface area contributed by atoms with Crippen molar-refractivity contribution >= 4 is 14.1 Å². The molecule has 1 unspecified atom stereocenters. The van der Waals surface area contributed by atoms with E-state index in [0.29, 0.717) is 14.1 Å². The van der Waals surface area contributed by atoms with Gasteiger partial charge >= 0.3 is 0 Å². The van der Waals surface area contributed by atoms with Crippen LogP contribution in [0.4, 0.5) is 0 Å². The molecule has 0 heterocycles. The van der Waals surface area contributed by atoms with Crippen LogP contribution in [0.2, 0.25) is 0 Å². The molecule has 0 saturated carbocycles. The molecule has 0 spiro atoms. The predicted octanol–water partition coefficient (Wildman–Crippen LogP) is 6.42. The van der Waals surface area contributed by atoms with E-state index in [0.717, 1.165) is 11.7 Å². The van der Waals surface area contributed by atoms with E-state index < -0.39 is 0 Å². The van der Waals surface area contributed by atoms with Gasteiger partial charge in [-0.1, -0.05) is 81.4 Å². The maximum absolute atomic E-state index is 13.0. The Hall–Kier alpha value is -0.680. The summed E-state index contributed by atoms with van der Waals surface area (Å²) >= 11 is 0. The monoisotopic (exact) mass is 334 g/mol. The van der Waals surface area contributed by atoms with Crippen LogP contribution >= 0.6 is 8.58 Å². The molecular formula is C21H35OP. The van der Waals surface area contributed by atoms with Crippen molar-refractivity contribution in [2.75, 3.05) is 6.16 Å². The molecule has 23 heavy (non-hydrogen) atoms. The zero-order chi connectivity index (χ0) is 18.2. The van der Waals surface area contributed by atoms with Crippen molar-refractivity contribution < 1.29 is 4.79 Å². The molecule has 0 aliphatic carbocycles. The lowest BCUT2D eigenvalue weighted by atomic mass is 9.72. The summed E-state index contributed by atoms with van der Waals surface area (Å²) in [5.74, 6) is 0. The molecule has 0 N–H and O–H groups in total. The maximum Gasteiger partial charge on any atom is 0.181 e. The summed E-state index contributed by atoms with van der Waals surface area (Å²) in [7, 11) is 0.362. The third kappa shape index (κ3) is 4.90. The fourth-order valence-electron chi connectivity index (χ4n) is 2.75. The predicted molar refractivity (Wildman–Crippen MR) is 106 cm³/mol. The zero-order valence-corrected chi connectivity index (χ0v) is 17.8. The van der Waals surface area contributed by atoms with Gasteiger partial charge in [0.05, 0.1) is 0 Å². The van der Waals surface area contributed by atoms with Gasteiger partial charge in [0, 0.05) is 5.56 Å². The third-order valence-corrected chi connectivity index (χ3v) is 5.11. The first-order valence-electron chi connectivity index (χ1n) is 8.67. The summed E-state index contributed by atoms with van der Waals surface area (Å²) in [6.07, 6.45) is 0.924. The maximum atomic E-state index is 13.0. The van der Waals surface area contributed by atoms with Crippen LogP contribution in [0.15, 0.2) is 12.1 Å². The van der Waals surface area contributed by atoms with Gasteiger partial charge in [0.2, 0.25) is 0 Å². The lowest BCUT2D eigenvalue weighted by Gasteiger charge is -2.33. The van der Waals surface area contributed by atoms with Crippen molar-refractivity contribution in [2.24, 2.45) is 0 Å². The van der Waals surface area contributed by atoms with Crippen molar-refractivity contribution in [1.29, 1.82) is 0 Å². The molecule has 0 bridgehead atoms. The van der Waals surface area contributed by atoms with E-state index in [9.17, 15) is 4.79 Å². The molecule has 2 heteroatoms. The second kappa shape index (κ2) is 6.67. The minimum absolute atomic E-state index is 0.0372. The average Bonchev–Trinajstić information content (AvgIpc) is 2.34. The van der Waals surface area contributed by atoms with E-state index in [1.165, 1.54) is 16.7 Å². The molecule has 1 aromatic carbocycles. The zero-order valence-electron chi connectivity index (χ0n) is 16.8. The van der Waals surface area contributed by atoms with Crippen molar-refractivity contribution in [3.05, 3.63) is 34.4 Å². The summed E-state index contributed by atoms with van der Waals surface area (Å²) < 4.78 is 0. The molecule has 130 valence electrons. The minimum Gasteiger partial charge on any atom is -0.289 e. The van der Waals surface area contributed by atoms with Crippen LogP contribution in [0.3, 0.4) is 0 Å². The van der Waals surface area contributed by atoms with E-state index in [1.54, 1.807) is 0 Å². The van der Waals surface area contributed by atoms with Crippen LogP contribution < -0.4 is 0 Å². The van der Waals surface area contributed by atoms with E-state index in [-0.39, 0.29) is 16.2 Å². The number of carbonyl (C=O) groups excluding carboxylic acids is 1. The first-order chi connectivity index (χ1) is 10.2. The highest BCUT2D eigenvalue weighted by Crippen LogP contribution is 2.40. The van der Waals surface area contributed by atoms with Crippen molar-refractivity contribution in [2.45, 2.75) is 85.5 Å². The Morgan fingerprint density at radius 1 is 0.826 bits per heavy atom. The van der Waals surface area contributed by atoms with Crippen molar-refractivity contribution in [3.8, 4) is 0 Å². The molecule has 1 aromatic rings. The molecule has 0 amide bonds. The van der Waals surface area contributed by atoms with Crippen molar-refractivity contribution in [3.63, 3.8) is 0 Å². The molecule has 1 rings (SSSR count). The van der Waals surface area contributed by atoms with Crippen LogP contribution in [0.25, 0.3) is 0 Å². The quantitative estimate of drug-likeness (QED) is 0.583. The minimum atomic E-state index is -0.0372. The molecular weight excluding hydrogens is 299 g/mol. The SMILES string of the molecule is CCPC(=O)c1c(C(C)(C)C)cc(C(C)(C)C)cc1C(C)(C)C. The summed E-state index contributed by atoms with van der Waals surface area (Å²) in [5, 5.41) is 0. The standard InChI is InChI=1S/C21H35OP/c1-11-23-18(22)17-15(20(5,6)7)12-14(19(2,3)4)13-16(17)21(8,9)10/h12-13,23H,11H2,1-10H3. The highest BCUT2D eigenvalue weighted by molar-refractivity contribution is 7.58. The number of carbonyl (C=O) groups is 1. The van der Waals surface area contributed by atoms with Gasteiger partial charge in [-0.15, -0.1) is 0 Å². The Balaban J connectivity index is 3.86. The first-order valence-corrected chi connectivity index (χ1v) is 9.88. The molecule has 0 aliphatic heterocycles. The van der Waals surface area contributed by atoms with Gasteiger partial charge in [0.1, 0.15) is 0 Å². The van der Waals surface area contributed by atoms with E-state index >= 15 is 0 Å². The van der Waals surface area contributed by atoms with E-state index in [4.69, 9.17) is 0 Å². The molecule has 1 nitrogen and oxygen atoms in total. The van der Waals surface area contributed by atoms with E-state index in [2.05, 4.69) is 81.4 Å². The second-order valence-electron chi connectivity index (χ2n) is 9.56. The summed E-state index contributed by atoms with van der Waals surface area (Å²) in [6, 6.07) is 4.56. The highest BCUT2D eigenvalue weighted by atomic mass is 31.1. The molecule has 1 atom stereocenters. The molecule has 0 saturated heterocycles. The van der Waals surface area contributed by atoms with Crippen LogP contribution in [0.5, 0.6) is 0 Å². The third-order valence-electron chi connectivity index (χ3n) is 4.18. The Bertz CT molecular complexity index is 542. The van der Waals surface area contributed by atoms with Crippen LogP contribution in [-0.4, -0.2) is 11.7 Å². The Labute approximate surface area is 145 Å². The summed E-state index contributed by atoms with van der Waals surface area (Å²) in [4.78, 5) is 13.0. The van der Waals surface area contributed by atoms with Gasteiger partial charge in [-0.05, 0) is 47.7 Å². The van der Waals surface area contributed by atoms with Crippen molar-refractivity contribution in [1.82, 2.24) is 0 Å². The molecule has 0 aromatic heterocycles. The topological polar surface area (TPSA) is 17.1 Å². The van der Waals surface area contributed by atoms with E-state index in [1.807, 2.05) is 0 Å². The van der Waals surface area contributed by atoms with Gasteiger partial charge in [-0.2, -0.15) is 0 Å². The van der Waals surface area contributed by atoms with Gasteiger partial charge in [0.25, 0.3) is 0 Å². The first kappa shape index (κ1) is 20.4. The lowest BCUT2D eigenvalue weighted by molar-refractivity contribution is 0.108. The fraction of sp³-hybridized carbons (Fsp3) is 0.667. The Morgan fingerprint density at radius 2 is 1.22 bits per heavy atom. The fourth-order valence-corrected chi connectivity index (χ4v) is 3.52. The number of benzene rings is 1. The van der Waals surface area contributed by atoms with Gasteiger partial charge in [-0.3, -0.25) is 4.79 Å². The second-order valence-corrected chi connectivity index (χ2v) is 11.1. The largest absolute Gasteiger partial charge is 0.289 e. The Kier molecular flexibility index (Phi) is 5.91. The normalized spacial score (nSPS) is 13.8. The Morgan fingerprint density at radius 3 is 1.48 bits per heavy atom. The lowest BCUT2D eigenvalue weighted by Crippen LogP contribution is -2.25. The number of rotatable bonds is 3. The summed E-state index contributed by atoms with van der Waals surface area (Å²) in [6.45, 7) is 22.1. The van der Waals surface area contributed by atoms with Crippen LogP contribution in [-0.2, 0) is 16.2 Å². The number of hydrogen-bond acceptors (Lipinski definition) is 1. The molecule has 0 radical (unpaired) electrons. The molecule has 0 fully saturated rings. The van der Waals surface area contributed by atoms with Gasteiger partial charge in [0.15, 0.2) is 5.52 Å². The van der Waals surface area contributed by atoms with Gasteiger partial charge in [-0.25, -0.2) is 0 Å². The molecule has 0 aliphatic rings. The van der Waals surface area contributed by atoms with Crippen LogP contribution in [0, 0.1) is 0 Å². The van der Waals surface area contributed by atoms with Crippen LogP contribution in [0.1, 0.15) is 96.3 Å². The number of hydrogen-bond donors (Lipinski definition) is 0. The average molecular weight is 334 g/mol. The smallest absolute Gasteiger partial charge is 0.181 e.